The maximum atomic E-state index is 12.6. The number of anilines is 1. The predicted molar refractivity (Wildman–Crippen MR) is 84.4 cm³/mol. The molecule has 2 rings (SSSR count). The van der Waals surface area contributed by atoms with E-state index in [9.17, 15) is 9.59 Å². The molecule has 6 heteroatoms. The maximum absolute atomic E-state index is 12.6. The molecule has 0 aliphatic carbocycles. The lowest BCUT2D eigenvalue weighted by Gasteiger charge is -2.25. The molecule has 22 heavy (non-hydrogen) atoms. The van der Waals surface area contributed by atoms with E-state index < -0.39 is 6.04 Å². The van der Waals surface area contributed by atoms with Crippen LogP contribution in [-0.2, 0) is 14.4 Å². The first-order valence-corrected chi connectivity index (χ1v) is 7.14. The number of aromatic nitrogens is 1. The zero-order valence-corrected chi connectivity index (χ0v) is 12.7. The van der Waals surface area contributed by atoms with Crippen molar-refractivity contribution in [3.63, 3.8) is 0 Å². The molecule has 0 fully saturated rings. The van der Waals surface area contributed by atoms with E-state index in [1.807, 2.05) is 37.3 Å². The summed E-state index contributed by atoms with van der Waals surface area (Å²) >= 11 is 0. The maximum Gasteiger partial charge on any atom is 0.269 e. The fraction of sp³-hybridized carbons (Fsp3) is 0.312. The minimum atomic E-state index is -0.410. The second kappa shape index (κ2) is 7.63. The van der Waals surface area contributed by atoms with Crippen LogP contribution in [0.5, 0.6) is 0 Å². The van der Waals surface area contributed by atoms with Gasteiger partial charge in [-0.1, -0.05) is 31.2 Å². The first kappa shape index (κ1) is 16.1. The van der Waals surface area contributed by atoms with Crippen molar-refractivity contribution in [3.8, 4) is 0 Å². The molecule has 0 saturated heterocycles. The van der Waals surface area contributed by atoms with Gasteiger partial charge in [0.15, 0.2) is 5.82 Å². The fourth-order valence-corrected chi connectivity index (χ4v) is 2.24. The molecular formula is C16H19N3O3. The number of hydroxylamine groups is 1. The second-order valence-electron chi connectivity index (χ2n) is 4.70. The highest BCUT2D eigenvalue weighted by atomic mass is 16.7. The lowest BCUT2D eigenvalue weighted by molar-refractivity contribution is -0.129. The van der Waals surface area contributed by atoms with Crippen molar-refractivity contribution < 1.29 is 14.4 Å². The van der Waals surface area contributed by atoms with Gasteiger partial charge in [-0.3, -0.25) is 9.63 Å². The third kappa shape index (κ3) is 3.29. The average molecular weight is 301 g/mol. The Hall–Kier alpha value is -2.31. The number of aldehydes is 1. The number of rotatable bonds is 7. The highest BCUT2D eigenvalue weighted by molar-refractivity contribution is 6.02. The van der Waals surface area contributed by atoms with Gasteiger partial charge in [-0.15, -0.1) is 0 Å². The van der Waals surface area contributed by atoms with Crippen LogP contribution >= 0.6 is 0 Å². The van der Waals surface area contributed by atoms with E-state index in [2.05, 4.69) is 10.3 Å². The smallest absolute Gasteiger partial charge is 0.269 e. The van der Waals surface area contributed by atoms with Crippen LogP contribution in [0.1, 0.15) is 13.3 Å². The number of pyridine rings is 1. The lowest BCUT2D eigenvalue weighted by Crippen LogP contribution is -2.45. The first-order valence-electron chi connectivity index (χ1n) is 7.14. The molecule has 0 spiro atoms. The minimum Gasteiger partial charge on any atom is -0.309 e. The van der Waals surface area contributed by atoms with Crippen molar-refractivity contribution in [2.45, 2.75) is 19.4 Å². The van der Waals surface area contributed by atoms with E-state index >= 15 is 0 Å². The fourth-order valence-electron chi connectivity index (χ4n) is 2.24. The molecule has 1 aromatic heterocycles. The Morgan fingerprint density at radius 1 is 1.41 bits per heavy atom. The Labute approximate surface area is 129 Å². The van der Waals surface area contributed by atoms with E-state index in [-0.39, 0.29) is 12.5 Å². The Bertz CT molecular complexity index is 651. The van der Waals surface area contributed by atoms with Crippen LogP contribution in [0, 0.1) is 0 Å². The quantitative estimate of drug-likeness (QED) is 0.622. The third-order valence-corrected chi connectivity index (χ3v) is 3.37. The summed E-state index contributed by atoms with van der Waals surface area (Å²) in [6.07, 6.45) is 2.81. The van der Waals surface area contributed by atoms with Gasteiger partial charge >= 0.3 is 0 Å². The Kier molecular flexibility index (Phi) is 5.57. The van der Waals surface area contributed by atoms with Gasteiger partial charge in [0.1, 0.15) is 12.9 Å². The second-order valence-corrected chi connectivity index (χ2v) is 4.70. The monoisotopic (exact) mass is 301 g/mol. The van der Waals surface area contributed by atoms with Gasteiger partial charge < -0.3 is 10.1 Å². The van der Waals surface area contributed by atoms with Gasteiger partial charge in [0.25, 0.3) is 5.91 Å². The highest BCUT2D eigenvalue weighted by Gasteiger charge is 2.26. The highest BCUT2D eigenvalue weighted by Crippen LogP contribution is 2.25. The number of hydrogen-bond donors (Lipinski definition) is 1. The van der Waals surface area contributed by atoms with Crippen molar-refractivity contribution in [2.75, 3.05) is 18.7 Å². The van der Waals surface area contributed by atoms with Crippen LogP contribution in [0.2, 0.25) is 0 Å². The molecule has 1 aromatic carbocycles. The first-order chi connectivity index (χ1) is 10.7. The molecule has 0 saturated carbocycles. The van der Waals surface area contributed by atoms with Crippen molar-refractivity contribution in [3.05, 3.63) is 36.5 Å². The normalized spacial score (nSPS) is 12.1. The van der Waals surface area contributed by atoms with E-state index in [1.54, 1.807) is 13.2 Å². The summed E-state index contributed by atoms with van der Waals surface area (Å²) in [4.78, 5) is 32.9. The predicted octanol–water partition coefficient (Wildman–Crippen LogP) is 1.70. The number of benzene rings is 1. The number of nitrogens with zero attached hydrogens (tertiary/aromatic N) is 2. The standard InChI is InChI=1S/C16H19N3O3/c1-3-14(17-2)16(21)19(22-11-10-20)15-13-7-5-4-6-12(13)8-9-18-15/h4-10,14,17H,3,11H2,1-2H3. The van der Waals surface area contributed by atoms with Crippen LogP contribution in [0.4, 0.5) is 5.82 Å². The minimum absolute atomic E-state index is 0.212. The molecule has 1 atom stereocenters. The summed E-state index contributed by atoms with van der Waals surface area (Å²) in [5.41, 5.74) is 0. The van der Waals surface area contributed by atoms with Gasteiger partial charge in [-0.25, -0.2) is 4.98 Å². The molecule has 1 heterocycles. The average Bonchev–Trinajstić information content (AvgIpc) is 2.56. The van der Waals surface area contributed by atoms with Crippen LogP contribution in [0.25, 0.3) is 10.8 Å². The molecule has 2 aromatic rings. The van der Waals surface area contributed by atoms with Gasteiger partial charge in [0.2, 0.25) is 0 Å². The molecule has 0 radical (unpaired) electrons. The summed E-state index contributed by atoms with van der Waals surface area (Å²) in [5.74, 6) is 0.106. The molecule has 1 N–H and O–H groups in total. The van der Waals surface area contributed by atoms with E-state index in [0.29, 0.717) is 18.5 Å². The summed E-state index contributed by atoms with van der Waals surface area (Å²) in [5, 5.41) is 5.78. The number of carbonyl (C=O) groups excluding carboxylic acids is 2. The molecule has 0 aliphatic heterocycles. The lowest BCUT2D eigenvalue weighted by atomic mass is 10.1. The Balaban J connectivity index is 2.47. The Morgan fingerprint density at radius 3 is 2.86 bits per heavy atom. The molecular weight excluding hydrogens is 282 g/mol. The number of likely N-dealkylation sites (N-methyl/N-ethyl adjacent to an activating group) is 1. The van der Waals surface area contributed by atoms with Crippen LogP contribution in [-0.4, -0.2) is 36.9 Å². The molecule has 0 bridgehead atoms. The number of fused-ring (bicyclic) bond motifs is 1. The topological polar surface area (TPSA) is 71.5 Å². The molecule has 6 nitrogen and oxygen atoms in total. The van der Waals surface area contributed by atoms with E-state index in [0.717, 1.165) is 15.8 Å². The Morgan fingerprint density at radius 2 is 2.18 bits per heavy atom. The SMILES string of the molecule is CCC(NC)C(=O)N(OCC=O)c1nccc2ccccc12. The largest absolute Gasteiger partial charge is 0.309 e. The van der Waals surface area contributed by atoms with Gasteiger partial charge in [0.05, 0.1) is 6.04 Å². The van der Waals surface area contributed by atoms with Crippen LogP contribution < -0.4 is 10.4 Å². The van der Waals surface area contributed by atoms with Crippen molar-refractivity contribution in [2.24, 2.45) is 0 Å². The van der Waals surface area contributed by atoms with Crippen LogP contribution in [0.15, 0.2) is 36.5 Å². The van der Waals surface area contributed by atoms with Gasteiger partial charge in [-0.2, -0.15) is 5.06 Å². The zero-order chi connectivity index (χ0) is 15.9. The number of amides is 1. The van der Waals surface area contributed by atoms with Crippen LogP contribution in [0.3, 0.4) is 0 Å². The summed E-state index contributed by atoms with van der Waals surface area (Å²) in [6.45, 7) is 1.68. The van der Waals surface area contributed by atoms with Crippen molar-refractivity contribution >= 4 is 28.8 Å². The molecule has 0 aliphatic rings. The van der Waals surface area contributed by atoms with Gasteiger partial charge in [0, 0.05) is 11.6 Å². The third-order valence-electron chi connectivity index (χ3n) is 3.37. The van der Waals surface area contributed by atoms with E-state index in [4.69, 9.17) is 4.84 Å². The number of nitrogens with one attached hydrogen (secondary N) is 1. The van der Waals surface area contributed by atoms with Gasteiger partial charge in [-0.05, 0) is 24.9 Å². The molecule has 1 amide bonds. The summed E-state index contributed by atoms with van der Waals surface area (Å²) in [7, 11) is 1.71. The summed E-state index contributed by atoms with van der Waals surface area (Å²) in [6, 6.07) is 9.02. The zero-order valence-electron chi connectivity index (χ0n) is 12.7. The van der Waals surface area contributed by atoms with Crippen molar-refractivity contribution in [1.29, 1.82) is 0 Å². The van der Waals surface area contributed by atoms with Crippen molar-refractivity contribution in [1.82, 2.24) is 10.3 Å². The number of carbonyl (C=O) groups is 2. The number of hydrogen-bond acceptors (Lipinski definition) is 5. The van der Waals surface area contributed by atoms with E-state index in [1.165, 1.54) is 0 Å². The molecule has 1 unspecified atom stereocenters. The summed E-state index contributed by atoms with van der Waals surface area (Å²) < 4.78 is 0. The molecule has 116 valence electrons.